The fourth-order valence-electron chi connectivity index (χ4n) is 2.03. The van der Waals surface area contributed by atoms with Crippen LogP contribution in [0.3, 0.4) is 0 Å². The zero-order chi connectivity index (χ0) is 16.7. The fraction of sp³-hybridized carbons (Fsp3) is 0.333. The molecule has 1 aromatic heterocycles. The molecule has 122 valence electrons. The molecule has 1 aromatic carbocycles. The van der Waals surface area contributed by atoms with Crippen LogP contribution in [0.2, 0.25) is 0 Å². The summed E-state index contributed by atoms with van der Waals surface area (Å²) in [6, 6.07) is 10.7. The molecule has 1 heterocycles. The number of carbonyl (C=O) groups is 1. The number of methoxy groups -OCH3 is 1. The Bertz CT molecular complexity index is 639. The van der Waals surface area contributed by atoms with E-state index >= 15 is 0 Å². The van der Waals surface area contributed by atoms with Crippen LogP contribution in [-0.4, -0.2) is 24.5 Å². The van der Waals surface area contributed by atoms with E-state index in [-0.39, 0.29) is 5.91 Å². The average molecular weight is 313 g/mol. The molecule has 5 heteroatoms. The summed E-state index contributed by atoms with van der Waals surface area (Å²) >= 11 is 0. The Balaban J connectivity index is 1.93. The summed E-state index contributed by atoms with van der Waals surface area (Å²) < 4.78 is 5.12. The first-order chi connectivity index (χ1) is 11.1. The second kappa shape index (κ2) is 8.17. The van der Waals surface area contributed by atoms with Crippen molar-refractivity contribution in [3.63, 3.8) is 0 Å². The molecule has 2 N–H and O–H groups in total. The van der Waals surface area contributed by atoms with Gasteiger partial charge in [0.1, 0.15) is 11.6 Å². The topological polar surface area (TPSA) is 63.2 Å². The highest BCUT2D eigenvalue weighted by atomic mass is 16.5. The average Bonchev–Trinajstić information content (AvgIpc) is 2.56. The van der Waals surface area contributed by atoms with Crippen molar-refractivity contribution in [2.45, 2.75) is 20.3 Å². The Kier molecular flexibility index (Phi) is 5.97. The number of nitrogens with zero attached hydrogens (tertiary/aromatic N) is 1. The lowest BCUT2D eigenvalue weighted by molar-refractivity contribution is 0.102. The Morgan fingerprint density at radius 2 is 2.09 bits per heavy atom. The molecule has 5 nitrogen and oxygen atoms in total. The van der Waals surface area contributed by atoms with Crippen LogP contribution in [0.25, 0.3) is 0 Å². The second-order valence-corrected chi connectivity index (χ2v) is 5.73. The molecular formula is C18H23N3O2. The monoisotopic (exact) mass is 313 g/mol. The minimum atomic E-state index is -0.189. The van der Waals surface area contributed by atoms with Crippen LogP contribution in [0.15, 0.2) is 42.6 Å². The number of benzene rings is 1. The number of nitrogens with one attached hydrogen (secondary N) is 2. The molecule has 0 saturated heterocycles. The van der Waals surface area contributed by atoms with Gasteiger partial charge < -0.3 is 15.4 Å². The second-order valence-electron chi connectivity index (χ2n) is 5.73. The van der Waals surface area contributed by atoms with Crippen molar-refractivity contribution in [3.8, 4) is 5.75 Å². The van der Waals surface area contributed by atoms with Crippen molar-refractivity contribution in [1.29, 1.82) is 0 Å². The predicted molar refractivity (Wildman–Crippen MR) is 93.1 cm³/mol. The van der Waals surface area contributed by atoms with Crippen molar-refractivity contribution >= 4 is 17.4 Å². The summed E-state index contributed by atoms with van der Waals surface area (Å²) in [5.74, 6) is 1.93. The van der Waals surface area contributed by atoms with Crippen LogP contribution in [0.5, 0.6) is 5.75 Å². The molecule has 0 spiro atoms. The van der Waals surface area contributed by atoms with Gasteiger partial charge in [-0.05, 0) is 42.7 Å². The number of pyridine rings is 1. The summed E-state index contributed by atoms with van der Waals surface area (Å²) in [5, 5.41) is 6.09. The first-order valence-electron chi connectivity index (χ1n) is 7.74. The number of carbonyl (C=O) groups excluding carboxylic acids is 1. The van der Waals surface area contributed by atoms with Crippen LogP contribution in [0.1, 0.15) is 30.6 Å². The molecule has 0 atom stereocenters. The van der Waals surface area contributed by atoms with E-state index in [1.165, 1.54) is 0 Å². The molecule has 0 aliphatic rings. The molecule has 0 saturated carbocycles. The van der Waals surface area contributed by atoms with Crippen LogP contribution in [0.4, 0.5) is 11.5 Å². The largest absolute Gasteiger partial charge is 0.497 e. The van der Waals surface area contributed by atoms with Gasteiger partial charge >= 0.3 is 0 Å². The molecule has 2 rings (SSSR count). The van der Waals surface area contributed by atoms with E-state index in [0.717, 1.165) is 18.8 Å². The van der Waals surface area contributed by atoms with Crippen molar-refractivity contribution < 1.29 is 9.53 Å². The lowest BCUT2D eigenvalue weighted by atomic mass is 10.1. The predicted octanol–water partition coefficient (Wildman–Crippen LogP) is 3.80. The van der Waals surface area contributed by atoms with Crippen LogP contribution >= 0.6 is 0 Å². The van der Waals surface area contributed by atoms with Gasteiger partial charge in [-0.3, -0.25) is 4.79 Å². The standard InChI is InChI=1S/C18H23N3O2/c1-13(2)9-10-19-17-8-7-15(12-20-17)21-18(22)14-5-4-6-16(11-14)23-3/h4-8,11-13H,9-10H2,1-3H3,(H,19,20)(H,21,22). The lowest BCUT2D eigenvalue weighted by Gasteiger charge is -2.09. The van der Waals surface area contributed by atoms with Gasteiger partial charge in [0, 0.05) is 12.1 Å². The molecule has 0 unspecified atom stereocenters. The number of hydrogen-bond acceptors (Lipinski definition) is 4. The summed E-state index contributed by atoms with van der Waals surface area (Å²) in [4.78, 5) is 16.5. The maximum atomic E-state index is 12.2. The van der Waals surface area contributed by atoms with Gasteiger partial charge in [0.25, 0.3) is 5.91 Å². The Hall–Kier alpha value is -2.56. The van der Waals surface area contributed by atoms with E-state index < -0.39 is 0 Å². The number of anilines is 2. The molecule has 0 aliphatic carbocycles. The maximum Gasteiger partial charge on any atom is 0.255 e. The van der Waals surface area contributed by atoms with Gasteiger partial charge in [-0.25, -0.2) is 4.98 Å². The third-order valence-corrected chi connectivity index (χ3v) is 3.38. The molecule has 2 aromatic rings. The van der Waals surface area contributed by atoms with Gasteiger partial charge in [0.15, 0.2) is 0 Å². The van der Waals surface area contributed by atoms with E-state index in [9.17, 15) is 4.79 Å². The summed E-state index contributed by atoms with van der Waals surface area (Å²) in [6.45, 7) is 5.26. The normalized spacial score (nSPS) is 10.4. The molecular weight excluding hydrogens is 290 g/mol. The van der Waals surface area contributed by atoms with E-state index in [4.69, 9.17) is 4.74 Å². The molecule has 0 fully saturated rings. The van der Waals surface area contributed by atoms with Crippen molar-refractivity contribution in [2.24, 2.45) is 5.92 Å². The summed E-state index contributed by atoms with van der Waals surface area (Å²) in [6.07, 6.45) is 2.74. The Morgan fingerprint density at radius 1 is 1.26 bits per heavy atom. The van der Waals surface area contributed by atoms with Crippen molar-refractivity contribution in [3.05, 3.63) is 48.2 Å². The number of rotatable bonds is 7. The highest BCUT2D eigenvalue weighted by Gasteiger charge is 2.07. The number of amides is 1. The first-order valence-corrected chi connectivity index (χ1v) is 7.74. The smallest absolute Gasteiger partial charge is 0.255 e. The van der Waals surface area contributed by atoms with Crippen LogP contribution < -0.4 is 15.4 Å². The van der Waals surface area contributed by atoms with Crippen molar-refractivity contribution in [1.82, 2.24) is 4.98 Å². The van der Waals surface area contributed by atoms with E-state index in [1.807, 2.05) is 12.1 Å². The van der Waals surface area contributed by atoms with Gasteiger partial charge in [-0.15, -0.1) is 0 Å². The highest BCUT2D eigenvalue weighted by molar-refractivity contribution is 6.04. The zero-order valence-corrected chi connectivity index (χ0v) is 13.8. The first kappa shape index (κ1) is 16.8. The molecule has 0 bridgehead atoms. The number of hydrogen-bond donors (Lipinski definition) is 2. The minimum absolute atomic E-state index is 0.189. The summed E-state index contributed by atoms with van der Waals surface area (Å²) in [5.41, 5.74) is 1.20. The molecule has 0 aliphatic heterocycles. The van der Waals surface area contributed by atoms with E-state index in [2.05, 4.69) is 29.5 Å². The van der Waals surface area contributed by atoms with E-state index in [0.29, 0.717) is 22.9 Å². The highest BCUT2D eigenvalue weighted by Crippen LogP contribution is 2.15. The zero-order valence-electron chi connectivity index (χ0n) is 13.8. The fourth-order valence-corrected chi connectivity index (χ4v) is 2.03. The Morgan fingerprint density at radius 3 is 2.74 bits per heavy atom. The van der Waals surface area contributed by atoms with Gasteiger partial charge in [-0.1, -0.05) is 19.9 Å². The minimum Gasteiger partial charge on any atom is -0.497 e. The van der Waals surface area contributed by atoms with Gasteiger partial charge in [0.05, 0.1) is 19.0 Å². The maximum absolute atomic E-state index is 12.2. The molecule has 23 heavy (non-hydrogen) atoms. The Labute approximate surface area is 137 Å². The quantitative estimate of drug-likeness (QED) is 0.816. The molecule has 0 radical (unpaired) electrons. The molecule has 1 amide bonds. The number of ether oxygens (including phenoxy) is 1. The van der Waals surface area contributed by atoms with Gasteiger partial charge in [0.2, 0.25) is 0 Å². The summed E-state index contributed by atoms with van der Waals surface area (Å²) in [7, 11) is 1.58. The van der Waals surface area contributed by atoms with Crippen LogP contribution in [-0.2, 0) is 0 Å². The van der Waals surface area contributed by atoms with Crippen molar-refractivity contribution in [2.75, 3.05) is 24.3 Å². The third-order valence-electron chi connectivity index (χ3n) is 3.38. The third kappa shape index (κ3) is 5.29. The SMILES string of the molecule is COc1cccc(C(=O)Nc2ccc(NCCC(C)C)nc2)c1. The van der Waals surface area contributed by atoms with Crippen LogP contribution in [0, 0.1) is 5.92 Å². The van der Waals surface area contributed by atoms with E-state index in [1.54, 1.807) is 37.6 Å². The number of aromatic nitrogens is 1. The van der Waals surface area contributed by atoms with Gasteiger partial charge in [-0.2, -0.15) is 0 Å². The lowest BCUT2D eigenvalue weighted by Crippen LogP contribution is -2.12.